The van der Waals surface area contributed by atoms with E-state index in [4.69, 9.17) is 4.74 Å². The number of hydrogen-bond acceptors (Lipinski definition) is 2. The Morgan fingerprint density at radius 1 is 1.25 bits per heavy atom. The minimum Gasteiger partial charge on any atom is -0.494 e. The van der Waals surface area contributed by atoms with Crippen LogP contribution in [0.2, 0.25) is 0 Å². The average molecular weight is 330 g/mol. The number of urea groups is 1. The number of aryl methyl sites for hydroxylation is 1. The first-order valence-electron chi connectivity index (χ1n) is 9.35. The number of hydrogen-bond donors (Lipinski definition) is 2. The first-order chi connectivity index (χ1) is 11.6. The molecule has 0 aromatic heterocycles. The molecule has 2 N–H and O–H groups in total. The van der Waals surface area contributed by atoms with Crippen molar-refractivity contribution in [1.82, 2.24) is 10.6 Å². The highest BCUT2D eigenvalue weighted by molar-refractivity contribution is 5.74. The molecule has 2 fully saturated rings. The third-order valence-corrected chi connectivity index (χ3v) is 5.69. The highest BCUT2D eigenvalue weighted by atomic mass is 16.5. The summed E-state index contributed by atoms with van der Waals surface area (Å²) < 4.78 is 5.67. The lowest BCUT2D eigenvalue weighted by atomic mass is 9.84. The Kier molecular flexibility index (Phi) is 5.64. The fraction of sp³-hybridized carbons (Fsp3) is 0.650. The van der Waals surface area contributed by atoms with Crippen molar-refractivity contribution in [2.75, 3.05) is 13.2 Å². The number of carbonyl (C=O) groups is 1. The molecule has 24 heavy (non-hydrogen) atoms. The number of benzene rings is 1. The van der Waals surface area contributed by atoms with Crippen LogP contribution in [0.5, 0.6) is 5.75 Å². The van der Waals surface area contributed by atoms with Crippen LogP contribution in [0.3, 0.4) is 0 Å². The van der Waals surface area contributed by atoms with Gasteiger partial charge in [0.05, 0.1) is 6.61 Å². The summed E-state index contributed by atoms with van der Waals surface area (Å²) in [6.07, 6.45) is 6.26. The molecule has 0 heterocycles. The van der Waals surface area contributed by atoms with Gasteiger partial charge in [-0.15, -0.1) is 0 Å². The standard InChI is InChI=1S/C20H30N2O2/c1-14-4-8-18(9-5-14)24-11-3-10-21-20(23)22-15(2)19-13-16-6-7-17(19)12-16/h4-5,8-9,15-17,19H,3,6-7,10-13H2,1-2H3,(H2,21,22,23). The largest absolute Gasteiger partial charge is 0.494 e. The molecule has 132 valence electrons. The maximum atomic E-state index is 12.0. The van der Waals surface area contributed by atoms with Crippen molar-refractivity contribution in [3.8, 4) is 5.75 Å². The molecule has 4 atom stereocenters. The number of nitrogens with one attached hydrogen (secondary N) is 2. The summed E-state index contributed by atoms with van der Waals surface area (Å²) in [6, 6.07) is 8.28. The van der Waals surface area contributed by atoms with E-state index >= 15 is 0 Å². The minimum absolute atomic E-state index is 0.0411. The molecule has 2 aliphatic rings. The Morgan fingerprint density at radius 3 is 2.71 bits per heavy atom. The summed E-state index contributed by atoms with van der Waals surface area (Å²) >= 11 is 0. The first-order valence-corrected chi connectivity index (χ1v) is 9.35. The topological polar surface area (TPSA) is 50.4 Å². The molecule has 0 saturated heterocycles. The van der Waals surface area contributed by atoms with E-state index < -0.39 is 0 Å². The van der Waals surface area contributed by atoms with Gasteiger partial charge in [0, 0.05) is 12.6 Å². The first kappa shape index (κ1) is 17.1. The van der Waals surface area contributed by atoms with Crippen LogP contribution in [0.15, 0.2) is 24.3 Å². The summed E-state index contributed by atoms with van der Waals surface area (Å²) in [4.78, 5) is 12.0. The lowest BCUT2D eigenvalue weighted by Crippen LogP contribution is -2.45. The monoisotopic (exact) mass is 330 g/mol. The zero-order chi connectivity index (χ0) is 16.9. The number of rotatable bonds is 7. The van der Waals surface area contributed by atoms with Crippen molar-refractivity contribution >= 4 is 6.03 Å². The second kappa shape index (κ2) is 7.91. The molecule has 4 nitrogen and oxygen atoms in total. The average Bonchev–Trinajstić information content (AvgIpc) is 3.19. The number of fused-ring (bicyclic) bond motifs is 2. The highest BCUT2D eigenvalue weighted by Crippen LogP contribution is 2.49. The molecular formula is C20H30N2O2. The van der Waals surface area contributed by atoms with E-state index in [0.29, 0.717) is 19.1 Å². The van der Waals surface area contributed by atoms with Crippen molar-refractivity contribution in [3.63, 3.8) is 0 Å². The second-order valence-corrected chi connectivity index (χ2v) is 7.54. The Labute approximate surface area is 145 Å². The summed E-state index contributed by atoms with van der Waals surface area (Å²) in [5.41, 5.74) is 1.23. The van der Waals surface area contributed by atoms with Crippen LogP contribution in [0.25, 0.3) is 0 Å². The van der Waals surface area contributed by atoms with Crippen molar-refractivity contribution in [1.29, 1.82) is 0 Å². The van der Waals surface area contributed by atoms with Gasteiger partial charge >= 0.3 is 6.03 Å². The SMILES string of the molecule is Cc1ccc(OCCCNC(=O)NC(C)C2CC3CCC2C3)cc1. The molecule has 1 aromatic rings. The fourth-order valence-electron chi connectivity index (χ4n) is 4.37. The summed E-state index contributed by atoms with van der Waals surface area (Å²) in [5, 5.41) is 6.08. The summed E-state index contributed by atoms with van der Waals surface area (Å²) in [6.45, 7) is 5.47. The normalized spacial score (nSPS) is 26.2. The van der Waals surface area contributed by atoms with E-state index in [9.17, 15) is 4.79 Å². The molecule has 4 unspecified atom stereocenters. The summed E-state index contributed by atoms with van der Waals surface area (Å²) in [7, 11) is 0. The van der Waals surface area contributed by atoms with Gasteiger partial charge in [-0.1, -0.05) is 24.1 Å². The van der Waals surface area contributed by atoms with Crippen LogP contribution < -0.4 is 15.4 Å². The second-order valence-electron chi connectivity index (χ2n) is 7.54. The Hall–Kier alpha value is -1.71. The Balaban J connectivity index is 1.28. The van der Waals surface area contributed by atoms with Crippen molar-refractivity contribution in [2.45, 2.75) is 52.0 Å². The molecule has 2 bridgehead atoms. The van der Waals surface area contributed by atoms with Crippen LogP contribution in [0.4, 0.5) is 4.79 Å². The lowest BCUT2D eigenvalue weighted by molar-refractivity contribution is 0.219. The molecule has 0 radical (unpaired) electrons. The van der Waals surface area contributed by atoms with E-state index in [1.165, 1.54) is 31.2 Å². The maximum Gasteiger partial charge on any atom is 0.315 e. The van der Waals surface area contributed by atoms with Gasteiger partial charge in [0.2, 0.25) is 0 Å². The minimum atomic E-state index is -0.0411. The van der Waals surface area contributed by atoms with Crippen LogP contribution in [-0.4, -0.2) is 25.2 Å². The molecule has 3 rings (SSSR count). The molecular weight excluding hydrogens is 300 g/mol. The van der Waals surface area contributed by atoms with Crippen LogP contribution in [0.1, 0.15) is 44.6 Å². The van der Waals surface area contributed by atoms with E-state index in [2.05, 4.69) is 24.5 Å². The van der Waals surface area contributed by atoms with Gasteiger partial charge < -0.3 is 15.4 Å². The molecule has 2 aliphatic carbocycles. The third-order valence-electron chi connectivity index (χ3n) is 5.69. The molecule has 4 heteroatoms. The predicted octanol–water partition coefficient (Wildman–Crippen LogP) is 3.89. The van der Waals surface area contributed by atoms with Crippen LogP contribution in [-0.2, 0) is 0 Å². The quantitative estimate of drug-likeness (QED) is 0.745. The smallest absolute Gasteiger partial charge is 0.315 e. The van der Waals surface area contributed by atoms with Crippen molar-refractivity contribution in [2.24, 2.45) is 17.8 Å². The number of ether oxygens (including phenoxy) is 1. The molecule has 2 amide bonds. The molecule has 0 aliphatic heterocycles. The van der Waals surface area contributed by atoms with Gasteiger partial charge in [-0.2, -0.15) is 0 Å². The highest BCUT2D eigenvalue weighted by Gasteiger charge is 2.42. The molecule has 0 spiro atoms. The predicted molar refractivity (Wildman–Crippen MR) is 96.2 cm³/mol. The van der Waals surface area contributed by atoms with E-state index in [1.807, 2.05) is 24.3 Å². The van der Waals surface area contributed by atoms with E-state index in [-0.39, 0.29) is 12.1 Å². The number of carbonyl (C=O) groups excluding carboxylic acids is 1. The van der Waals surface area contributed by atoms with Crippen LogP contribution >= 0.6 is 0 Å². The van der Waals surface area contributed by atoms with Gasteiger partial charge in [-0.3, -0.25) is 0 Å². The lowest BCUT2D eigenvalue weighted by Gasteiger charge is -2.28. The van der Waals surface area contributed by atoms with E-state index in [1.54, 1.807) is 0 Å². The number of amides is 2. The van der Waals surface area contributed by atoms with Gasteiger partial charge in [0.15, 0.2) is 0 Å². The van der Waals surface area contributed by atoms with Gasteiger partial charge in [-0.05, 0) is 69.4 Å². The van der Waals surface area contributed by atoms with Crippen molar-refractivity contribution < 1.29 is 9.53 Å². The van der Waals surface area contributed by atoms with Crippen LogP contribution in [0, 0.1) is 24.7 Å². The van der Waals surface area contributed by atoms with Gasteiger partial charge in [0.25, 0.3) is 0 Å². The zero-order valence-electron chi connectivity index (χ0n) is 14.9. The molecule has 1 aromatic carbocycles. The fourth-order valence-corrected chi connectivity index (χ4v) is 4.37. The zero-order valence-corrected chi connectivity index (χ0v) is 14.9. The van der Waals surface area contributed by atoms with Gasteiger partial charge in [0.1, 0.15) is 5.75 Å². The Morgan fingerprint density at radius 2 is 2.04 bits per heavy atom. The Bertz CT molecular complexity index is 543. The van der Waals surface area contributed by atoms with E-state index in [0.717, 1.165) is 24.0 Å². The maximum absolute atomic E-state index is 12.0. The summed E-state index contributed by atoms with van der Waals surface area (Å²) in [5.74, 6) is 3.33. The van der Waals surface area contributed by atoms with Crippen molar-refractivity contribution in [3.05, 3.63) is 29.8 Å². The third kappa shape index (κ3) is 4.43. The molecule has 2 saturated carbocycles. The van der Waals surface area contributed by atoms with Gasteiger partial charge in [-0.25, -0.2) is 4.79 Å².